The number of rotatable bonds is 3. The zero-order chi connectivity index (χ0) is 12.3. The van der Waals surface area contributed by atoms with Crippen LogP contribution in [0.1, 0.15) is 23.2 Å². The van der Waals surface area contributed by atoms with Crippen molar-refractivity contribution in [2.75, 3.05) is 13.1 Å². The molecule has 0 saturated carbocycles. The second-order valence-electron chi connectivity index (χ2n) is 4.16. The predicted octanol–water partition coefficient (Wildman–Crippen LogP) is 1.64. The minimum Gasteiger partial charge on any atom is -0.507 e. The van der Waals surface area contributed by atoms with Gasteiger partial charge in [0.25, 0.3) is 5.91 Å². The van der Waals surface area contributed by atoms with Gasteiger partial charge in [0.1, 0.15) is 5.75 Å². The fraction of sp³-hybridized carbons (Fsp3) is 0.417. The lowest BCUT2D eigenvalue weighted by atomic mass is 10.1. The lowest BCUT2D eigenvalue weighted by Gasteiger charge is -2.12. The molecule has 3 N–H and O–H groups in total. The summed E-state index contributed by atoms with van der Waals surface area (Å²) >= 11 is 3.24. The standard InChI is InChI=1S/C12H15BrN2O2/c13-8-3-4-10(11(16)6-8)12(17)15-7-9-2-1-5-14-9/h3-4,6,9,14,16H,1-2,5,7H2,(H,15,17). The number of phenols is 1. The largest absolute Gasteiger partial charge is 0.507 e. The van der Waals surface area contributed by atoms with Gasteiger partial charge in [0.2, 0.25) is 0 Å². The number of carbonyl (C=O) groups is 1. The molecule has 92 valence electrons. The lowest BCUT2D eigenvalue weighted by Crippen LogP contribution is -2.37. The normalized spacial score (nSPS) is 19.2. The van der Waals surface area contributed by atoms with Gasteiger partial charge in [-0.3, -0.25) is 4.79 Å². The van der Waals surface area contributed by atoms with Crippen LogP contribution in [0.4, 0.5) is 0 Å². The van der Waals surface area contributed by atoms with E-state index >= 15 is 0 Å². The van der Waals surface area contributed by atoms with E-state index in [9.17, 15) is 9.90 Å². The molecule has 5 heteroatoms. The first-order chi connectivity index (χ1) is 8.16. The number of aromatic hydroxyl groups is 1. The molecule has 0 spiro atoms. The van der Waals surface area contributed by atoms with E-state index in [1.807, 2.05) is 0 Å². The molecule has 2 rings (SSSR count). The topological polar surface area (TPSA) is 61.4 Å². The van der Waals surface area contributed by atoms with Crippen LogP contribution >= 0.6 is 15.9 Å². The molecule has 0 aliphatic carbocycles. The van der Waals surface area contributed by atoms with Crippen molar-refractivity contribution in [3.63, 3.8) is 0 Å². The molecule has 1 amide bonds. The number of benzene rings is 1. The minimum atomic E-state index is -0.233. The summed E-state index contributed by atoms with van der Waals surface area (Å²) in [5, 5.41) is 15.8. The van der Waals surface area contributed by atoms with Gasteiger partial charge >= 0.3 is 0 Å². The van der Waals surface area contributed by atoms with E-state index in [-0.39, 0.29) is 11.7 Å². The Balaban J connectivity index is 1.94. The third kappa shape index (κ3) is 3.20. The first-order valence-corrected chi connectivity index (χ1v) is 6.46. The van der Waals surface area contributed by atoms with Crippen LogP contribution in [0.15, 0.2) is 22.7 Å². The molecule has 1 saturated heterocycles. The molecule has 0 radical (unpaired) electrons. The van der Waals surface area contributed by atoms with Gasteiger partial charge in [-0.2, -0.15) is 0 Å². The van der Waals surface area contributed by atoms with Crippen LogP contribution in [0.25, 0.3) is 0 Å². The summed E-state index contributed by atoms with van der Waals surface area (Å²) in [5.41, 5.74) is 0.311. The van der Waals surface area contributed by atoms with E-state index in [0.29, 0.717) is 18.2 Å². The van der Waals surface area contributed by atoms with Crippen molar-refractivity contribution in [2.45, 2.75) is 18.9 Å². The number of nitrogens with one attached hydrogen (secondary N) is 2. The van der Waals surface area contributed by atoms with Crippen molar-refractivity contribution in [2.24, 2.45) is 0 Å². The van der Waals surface area contributed by atoms with Gasteiger partial charge in [0, 0.05) is 17.1 Å². The highest BCUT2D eigenvalue weighted by Crippen LogP contribution is 2.22. The minimum absolute atomic E-state index is 0.00347. The molecular formula is C12H15BrN2O2. The molecule has 17 heavy (non-hydrogen) atoms. The third-order valence-corrected chi connectivity index (χ3v) is 3.37. The summed E-state index contributed by atoms with van der Waals surface area (Å²) in [4.78, 5) is 11.8. The molecular weight excluding hydrogens is 284 g/mol. The fourth-order valence-corrected chi connectivity index (χ4v) is 2.29. The van der Waals surface area contributed by atoms with Crippen LogP contribution in [0, 0.1) is 0 Å². The van der Waals surface area contributed by atoms with E-state index in [2.05, 4.69) is 26.6 Å². The molecule has 1 aliphatic rings. The second-order valence-corrected chi connectivity index (χ2v) is 5.08. The predicted molar refractivity (Wildman–Crippen MR) is 69.2 cm³/mol. The average molecular weight is 299 g/mol. The maximum Gasteiger partial charge on any atom is 0.255 e. The maximum atomic E-state index is 11.8. The number of hydrogen-bond acceptors (Lipinski definition) is 3. The molecule has 1 aliphatic heterocycles. The Kier molecular flexibility index (Phi) is 4.02. The number of amides is 1. The zero-order valence-corrected chi connectivity index (χ0v) is 11.0. The van der Waals surface area contributed by atoms with Crippen molar-refractivity contribution in [3.8, 4) is 5.75 Å². The number of carbonyl (C=O) groups excluding carboxylic acids is 1. The zero-order valence-electron chi connectivity index (χ0n) is 9.37. The van der Waals surface area contributed by atoms with Gasteiger partial charge in [0.15, 0.2) is 0 Å². The molecule has 1 aromatic carbocycles. The summed E-state index contributed by atoms with van der Waals surface area (Å²) < 4.78 is 0.754. The van der Waals surface area contributed by atoms with Gasteiger partial charge in [-0.25, -0.2) is 0 Å². The van der Waals surface area contributed by atoms with E-state index in [1.165, 1.54) is 6.07 Å². The SMILES string of the molecule is O=C(NCC1CCCN1)c1ccc(Br)cc1O. The molecule has 0 aromatic heterocycles. The second kappa shape index (κ2) is 5.51. The first kappa shape index (κ1) is 12.4. The summed E-state index contributed by atoms with van der Waals surface area (Å²) in [7, 11) is 0. The number of phenolic OH excluding ortho intramolecular Hbond substituents is 1. The Hall–Kier alpha value is -1.07. The van der Waals surface area contributed by atoms with Gasteiger partial charge in [0.05, 0.1) is 5.56 Å². The maximum absolute atomic E-state index is 11.8. The third-order valence-electron chi connectivity index (χ3n) is 2.88. The Morgan fingerprint density at radius 2 is 2.41 bits per heavy atom. The summed E-state index contributed by atoms with van der Waals surface area (Å²) in [6.45, 7) is 1.62. The molecule has 1 fully saturated rings. The fourth-order valence-electron chi connectivity index (χ4n) is 1.94. The van der Waals surface area contributed by atoms with Crippen molar-refractivity contribution in [1.29, 1.82) is 0 Å². The Bertz CT molecular complexity index is 417. The monoisotopic (exact) mass is 298 g/mol. The summed E-state index contributed by atoms with van der Waals surface area (Å²) in [6.07, 6.45) is 2.25. The molecule has 4 nitrogen and oxygen atoms in total. The van der Waals surface area contributed by atoms with Crippen molar-refractivity contribution >= 4 is 21.8 Å². The van der Waals surface area contributed by atoms with E-state index in [4.69, 9.17) is 0 Å². The Morgan fingerprint density at radius 1 is 1.59 bits per heavy atom. The van der Waals surface area contributed by atoms with Crippen molar-refractivity contribution < 1.29 is 9.90 Å². The van der Waals surface area contributed by atoms with E-state index < -0.39 is 0 Å². The first-order valence-electron chi connectivity index (χ1n) is 5.67. The number of halogens is 1. The molecule has 1 unspecified atom stereocenters. The average Bonchev–Trinajstić information content (AvgIpc) is 2.78. The smallest absolute Gasteiger partial charge is 0.255 e. The van der Waals surface area contributed by atoms with Gasteiger partial charge in [-0.05, 0) is 37.6 Å². The highest BCUT2D eigenvalue weighted by atomic mass is 79.9. The van der Waals surface area contributed by atoms with Gasteiger partial charge in [-0.1, -0.05) is 15.9 Å². The molecule has 1 aromatic rings. The van der Waals surface area contributed by atoms with Crippen molar-refractivity contribution in [3.05, 3.63) is 28.2 Å². The van der Waals surface area contributed by atoms with Crippen LogP contribution in [-0.4, -0.2) is 30.1 Å². The van der Waals surface area contributed by atoms with Crippen LogP contribution in [0.5, 0.6) is 5.75 Å². The summed E-state index contributed by atoms with van der Waals surface area (Å²) in [5.74, 6) is -0.236. The van der Waals surface area contributed by atoms with E-state index in [0.717, 1.165) is 23.9 Å². The van der Waals surface area contributed by atoms with Crippen LogP contribution in [-0.2, 0) is 0 Å². The summed E-state index contributed by atoms with van der Waals surface area (Å²) in [6, 6.07) is 5.22. The van der Waals surface area contributed by atoms with Gasteiger partial charge < -0.3 is 15.7 Å². The Morgan fingerprint density at radius 3 is 3.06 bits per heavy atom. The van der Waals surface area contributed by atoms with Crippen LogP contribution in [0.3, 0.4) is 0 Å². The highest BCUT2D eigenvalue weighted by molar-refractivity contribution is 9.10. The van der Waals surface area contributed by atoms with Crippen LogP contribution in [0.2, 0.25) is 0 Å². The number of hydrogen-bond donors (Lipinski definition) is 3. The van der Waals surface area contributed by atoms with Gasteiger partial charge in [-0.15, -0.1) is 0 Å². The molecule has 1 atom stereocenters. The molecule has 1 heterocycles. The van der Waals surface area contributed by atoms with E-state index in [1.54, 1.807) is 12.1 Å². The Labute approximate surface area is 109 Å². The highest BCUT2D eigenvalue weighted by Gasteiger charge is 2.16. The lowest BCUT2D eigenvalue weighted by molar-refractivity contribution is 0.0947. The van der Waals surface area contributed by atoms with Crippen LogP contribution < -0.4 is 10.6 Å². The van der Waals surface area contributed by atoms with Crippen molar-refractivity contribution in [1.82, 2.24) is 10.6 Å². The quantitative estimate of drug-likeness (QED) is 0.795. The molecule has 0 bridgehead atoms.